The number of carbonyl (C=O) groups excluding carboxylic acids is 1. The van der Waals surface area contributed by atoms with Crippen LogP contribution in [-0.4, -0.2) is 27.8 Å². The third kappa shape index (κ3) is 3.99. The van der Waals surface area contributed by atoms with Gasteiger partial charge in [0.25, 0.3) is 0 Å². The monoisotopic (exact) mass is 331 g/mol. The molecule has 9 heteroatoms. The number of amides is 1. The van der Waals surface area contributed by atoms with Crippen molar-refractivity contribution in [1.82, 2.24) is 9.55 Å². The molecule has 2 rings (SSSR count). The summed E-state index contributed by atoms with van der Waals surface area (Å²) in [6.07, 6.45) is -0.705. The standard InChI is InChI=1S/C14H13F4N3O2/c1-21-7-6-19-11(21)8-23-10-4-2-9(3-5-10)20-13(22)14(17,18)12(15)16/h2-7,12H,8H2,1H3,(H,20,22). The Morgan fingerprint density at radius 2 is 2.00 bits per heavy atom. The van der Waals surface area contributed by atoms with E-state index < -0.39 is 18.3 Å². The van der Waals surface area contributed by atoms with E-state index in [2.05, 4.69) is 4.98 Å². The molecule has 124 valence electrons. The molecule has 0 radical (unpaired) electrons. The van der Waals surface area contributed by atoms with Crippen LogP contribution in [0.15, 0.2) is 36.7 Å². The van der Waals surface area contributed by atoms with Gasteiger partial charge in [-0.05, 0) is 24.3 Å². The van der Waals surface area contributed by atoms with E-state index in [0.29, 0.717) is 11.6 Å². The van der Waals surface area contributed by atoms with Crippen molar-refractivity contribution < 1.29 is 27.1 Å². The molecule has 0 aliphatic carbocycles. The van der Waals surface area contributed by atoms with Crippen molar-refractivity contribution >= 4 is 11.6 Å². The number of halogens is 4. The Kier molecular flexibility index (Phi) is 4.87. The van der Waals surface area contributed by atoms with Gasteiger partial charge in [-0.25, -0.2) is 13.8 Å². The molecule has 23 heavy (non-hydrogen) atoms. The fourth-order valence-corrected chi connectivity index (χ4v) is 1.63. The van der Waals surface area contributed by atoms with Gasteiger partial charge in [-0.1, -0.05) is 0 Å². The summed E-state index contributed by atoms with van der Waals surface area (Å²) in [5.74, 6) is -5.72. The molecule has 0 aliphatic heterocycles. The normalized spacial score (nSPS) is 11.6. The number of carbonyl (C=O) groups is 1. The zero-order chi connectivity index (χ0) is 17.0. The molecule has 1 N–H and O–H groups in total. The SMILES string of the molecule is Cn1ccnc1COc1ccc(NC(=O)C(F)(F)C(F)F)cc1. The summed E-state index contributed by atoms with van der Waals surface area (Å²) in [7, 11) is 1.80. The number of anilines is 1. The minimum atomic E-state index is -4.74. The molecular formula is C14H13F4N3O2. The Morgan fingerprint density at radius 1 is 1.35 bits per heavy atom. The Morgan fingerprint density at radius 3 is 2.52 bits per heavy atom. The fraction of sp³-hybridized carbons (Fsp3) is 0.286. The van der Waals surface area contributed by atoms with E-state index in [-0.39, 0.29) is 12.3 Å². The number of hydrogen-bond donors (Lipinski definition) is 1. The summed E-state index contributed by atoms with van der Waals surface area (Å²) in [6.45, 7) is 0.193. The number of benzene rings is 1. The molecule has 0 unspecified atom stereocenters. The topological polar surface area (TPSA) is 56.1 Å². The second-order valence-electron chi connectivity index (χ2n) is 4.65. The van der Waals surface area contributed by atoms with E-state index in [1.54, 1.807) is 29.3 Å². The fourth-order valence-electron chi connectivity index (χ4n) is 1.63. The first-order valence-electron chi connectivity index (χ1n) is 6.47. The molecule has 0 bridgehead atoms. The van der Waals surface area contributed by atoms with Crippen LogP contribution in [0.25, 0.3) is 0 Å². The highest BCUT2D eigenvalue weighted by atomic mass is 19.3. The maximum Gasteiger partial charge on any atom is 0.383 e. The van der Waals surface area contributed by atoms with Gasteiger partial charge in [0, 0.05) is 25.1 Å². The number of rotatable bonds is 6. The van der Waals surface area contributed by atoms with Crippen LogP contribution in [0.5, 0.6) is 5.75 Å². The Hall–Kier alpha value is -2.58. The van der Waals surface area contributed by atoms with Gasteiger partial charge in [0.05, 0.1) is 0 Å². The van der Waals surface area contributed by atoms with Gasteiger partial charge < -0.3 is 14.6 Å². The maximum atomic E-state index is 12.8. The summed E-state index contributed by atoms with van der Waals surface area (Å²) < 4.78 is 57.0. The molecule has 1 amide bonds. The number of aryl methyl sites for hydroxylation is 1. The highest BCUT2D eigenvalue weighted by molar-refractivity contribution is 5.96. The van der Waals surface area contributed by atoms with Crippen LogP contribution in [0, 0.1) is 0 Å². The number of hydrogen-bond acceptors (Lipinski definition) is 3. The molecule has 1 aromatic carbocycles. The van der Waals surface area contributed by atoms with Crippen LogP contribution in [0.2, 0.25) is 0 Å². The minimum Gasteiger partial charge on any atom is -0.486 e. The van der Waals surface area contributed by atoms with Gasteiger partial charge in [-0.15, -0.1) is 0 Å². The van der Waals surface area contributed by atoms with Crippen molar-refractivity contribution in [1.29, 1.82) is 0 Å². The summed E-state index contributed by atoms with van der Waals surface area (Å²) in [4.78, 5) is 15.2. The lowest BCUT2D eigenvalue weighted by molar-refractivity contribution is -0.163. The first kappa shape index (κ1) is 16.8. The second-order valence-corrected chi connectivity index (χ2v) is 4.65. The lowest BCUT2D eigenvalue weighted by Crippen LogP contribution is -2.40. The molecule has 0 atom stereocenters. The Labute approximate surface area is 128 Å². The Balaban J connectivity index is 1.94. The van der Waals surface area contributed by atoms with Crippen molar-refractivity contribution in [3.8, 4) is 5.75 Å². The van der Waals surface area contributed by atoms with Gasteiger partial charge in [-0.3, -0.25) is 4.79 Å². The second kappa shape index (κ2) is 6.67. The van der Waals surface area contributed by atoms with Crippen LogP contribution < -0.4 is 10.1 Å². The minimum absolute atomic E-state index is 0.0420. The number of alkyl halides is 4. The van der Waals surface area contributed by atoms with E-state index in [1.165, 1.54) is 24.3 Å². The van der Waals surface area contributed by atoms with Crippen LogP contribution in [0.1, 0.15) is 5.82 Å². The molecule has 1 heterocycles. The molecule has 0 saturated heterocycles. The smallest absolute Gasteiger partial charge is 0.383 e. The van der Waals surface area contributed by atoms with Gasteiger partial charge in [0.1, 0.15) is 18.2 Å². The highest BCUT2D eigenvalue weighted by Crippen LogP contribution is 2.25. The molecule has 2 aromatic rings. The summed E-state index contributed by atoms with van der Waals surface area (Å²) in [5.41, 5.74) is -0.0420. The third-order valence-electron chi connectivity index (χ3n) is 2.98. The Bertz CT molecular complexity index is 671. The van der Waals surface area contributed by atoms with E-state index in [4.69, 9.17) is 4.74 Å². The lowest BCUT2D eigenvalue weighted by Gasteiger charge is -2.15. The van der Waals surface area contributed by atoms with Crippen LogP contribution in [0.4, 0.5) is 23.2 Å². The van der Waals surface area contributed by atoms with Gasteiger partial charge in [0.15, 0.2) is 0 Å². The largest absolute Gasteiger partial charge is 0.486 e. The zero-order valence-electron chi connectivity index (χ0n) is 12.0. The molecule has 0 saturated carbocycles. The van der Waals surface area contributed by atoms with Crippen LogP contribution in [-0.2, 0) is 18.4 Å². The highest BCUT2D eigenvalue weighted by Gasteiger charge is 2.48. The van der Waals surface area contributed by atoms with Crippen molar-refractivity contribution in [3.05, 3.63) is 42.5 Å². The van der Waals surface area contributed by atoms with Gasteiger partial charge in [0.2, 0.25) is 0 Å². The van der Waals surface area contributed by atoms with Gasteiger partial charge >= 0.3 is 18.3 Å². The zero-order valence-corrected chi connectivity index (χ0v) is 12.0. The average Bonchev–Trinajstić information content (AvgIpc) is 2.91. The number of nitrogens with one attached hydrogen (secondary N) is 1. The maximum absolute atomic E-state index is 12.8. The van der Waals surface area contributed by atoms with Crippen molar-refractivity contribution in [2.75, 3.05) is 5.32 Å². The summed E-state index contributed by atoms with van der Waals surface area (Å²) in [6, 6.07) is 5.37. The number of imidazole rings is 1. The molecule has 0 spiro atoms. The molecule has 1 aromatic heterocycles. The first-order chi connectivity index (χ1) is 10.8. The number of nitrogens with zero attached hydrogens (tertiary/aromatic N) is 2. The van der Waals surface area contributed by atoms with Gasteiger partial charge in [-0.2, -0.15) is 8.78 Å². The van der Waals surface area contributed by atoms with E-state index in [9.17, 15) is 22.4 Å². The van der Waals surface area contributed by atoms with E-state index >= 15 is 0 Å². The van der Waals surface area contributed by atoms with E-state index in [0.717, 1.165) is 0 Å². The summed E-state index contributed by atoms with van der Waals surface area (Å²) in [5, 5.41) is 1.73. The summed E-state index contributed by atoms with van der Waals surface area (Å²) >= 11 is 0. The lowest BCUT2D eigenvalue weighted by atomic mass is 10.2. The van der Waals surface area contributed by atoms with Crippen molar-refractivity contribution in [3.63, 3.8) is 0 Å². The van der Waals surface area contributed by atoms with Crippen LogP contribution in [0.3, 0.4) is 0 Å². The van der Waals surface area contributed by atoms with Crippen molar-refractivity contribution in [2.45, 2.75) is 19.0 Å². The predicted octanol–water partition coefficient (Wildman–Crippen LogP) is 2.84. The third-order valence-corrected chi connectivity index (χ3v) is 2.98. The quantitative estimate of drug-likeness (QED) is 0.828. The molecule has 0 fully saturated rings. The number of aromatic nitrogens is 2. The first-order valence-corrected chi connectivity index (χ1v) is 6.47. The predicted molar refractivity (Wildman–Crippen MR) is 73.6 cm³/mol. The number of ether oxygens (including phenoxy) is 1. The van der Waals surface area contributed by atoms with Crippen LogP contribution >= 0.6 is 0 Å². The average molecular weight is 331 g/mol. The molecular weight excluding hydrogens is 318 g/mol. The van der Waals surface area contributed by atoms with E-state index in [1.807, 2.05) is 0 Å². The molecule has 5 nitrogen and oxygen atoms in total. The molecule has 0 aliphatic rings. The van der Waals surface area contributed by atoms with Crippen molar-refractivity contribution in [2.24, 2.45) is 7.05 Å².